The predicted octanol–water partition coefficient (Wildman–Crippen LogP) is 2.34. The number of rotatable bonds is 2. The van der Waals surface area contributed by atoms with Gasteiger partial charge >= 0.3 is 0 Å². The van der Waals surface area contributed by atoms with Crippen molar-refractivity contribution in [3.8, 4) is 5.75 Å². The van der Waals surface area contributed by atoms with Crippen molar-refractivity contribution in [3.63, 3.8) is 0 Å². The molecule has 0 saturated carbocycles. The zero-order chi connectivity index (χ0) is 15.9. The standard InChI is InChI=1S/C16H10ClNO4/c17-7-12(20)18-10-5-6-11(19)14-13(10)15(21)8-3-1-2-4-9(8)16(14)22/h1-6,19H,7H2,(H,18,20). The van der Waals surface area contributed by atoms with Crippen LogP contribution < -0.4 is 5.32 Å². The first-order valence-electron chi connectivity index (χ1n) is 6.44. The van der Waals surface area contributed by atoms with Gasteiger partial charge in [0, 0.05) is 11.1 Å². The molecule has 2 N–H and O–H groups in total. The smallest absolute Gasteiger partial charge is 0.239 e. The Kier molecular flexibility index (Phi) is 3.42. The second-order valence-corrected chi connectivity index (χ2v) is 5.04. The summed E-state index contributed by atoms with van der Waals surface area (Å²) < 4.78 is 0. The summed E-state index contributed by atoms with van der Waals surface area (Å²) >= 11 is 5.45. The quantitative estimate of drug-likeness (QED) is 0.561. The van der Waals surface area contributed by atoms with E-state index < -0.39 is 17.5 Å². The predicted molar refractivity (Wildman–Crippen MR) is 80.8 cm³/mol. The molecule has 0 radical (unpaired) electrons. The number of anilines is 1. The van der Waals surface area contributed by atoms with Crippen LogP contribution in [0.4, 0.5) is 5.69 Å². The Balaban J connectivity index is 2.25. The first kappa shape index (κ1) is 14.3. The van der Waals surface area contributed by atoms with Crippen LogP contribution in [-0.4, -0.2) is 28.5 Å². The molecule has 3 rings (SSSR count). The van der Waals surface area contributed by atoms with Crippen molar-refractivity contribution in [2.24, 2.45) is 0 Å². The van der Waals surface area contributed by atoms with Gasteiger partial charge < -0.3 is 10.4 Å². The van der Waals surface area contributed by atoms with Gasteiger partial charge in [0.2, 0.25) is 5.91 Å². The maximum absolute atomic E-state index is 12.6. The molecule has 1 amide bonds. The van der Waals surface area contributed by atoms with Gasteiger partial charge in [-0.1, -0.05) is 24.3 Å². The van der Waals surface area contributed by atoms with Crippen LogP contribution in [0.2, 0.25) is 0 Å². The molecule has 5 nitrogen and oxygen atoms in total. The second kappa shape index (κ2) is 5.27. The minimum absolute atomic E-state index is 0.0119. The van der Waals surface area contributed by atoms with Gasteiger partial charge in [0.25, 0.3) is 0 Å². The van der Waals surface area contributed by atoms with Crippen LogP contribution in [0.3, 0.4) is 0 Å². The Hall–Kier alpha value is -2.66. The van der Waals surface area contributed by atoms with E-state index >= 15 is 0 Å². The summed E-state index contributed by atoms with van der Waals surface area (Å²) in [5.74, 6) is -1.97. The first-order valence-corrected chi connectivity index (χ1v) is 6.98. The van der Waals surface area contributed by atoms with E-state index in [0.717, 1.165) is 0 Å². The summed E-state index contributed by atoms with van der Waals surface area (Å²) in [4.78, 5) is 36.7. The SMILES string of the molecule is O=C(CCl)Nc1ccc(O)c2c1C(=O)c1ccccc1C2=O. The number of hydrogen-bond donors (Lipinski definition) is 2. The normalized spacial score (nSPS) is 12.6. The van der Waals surface area contributed by atoms with Crippen LogP contribution in [0.1, 0.15) is 31.8 Å². The highest BCUT2D eigenvalue weighted by atomic mass is 35.5. The molecule has 1 aliphatic rings. The van der Waals surface area contributed by atoms with Crippen molar-refractivity contribution in [2.45, 2.75) is 0 Å². The molecule has 2 aromatic carbocycles. The van der Waals surface area contributed by atoms with Gasteiger partial charge in [0.05, 0.1) is 16.8 Å². The highest BCUT2D eigenvalue weighted by Crippen LogP contribution is 2.36. The average Bonchev–Trinajstić information content (AvgIpc) is 2.54. The third kappa shape index (κ3) is 2.07. The molecule has 0 atom stereocenters. The van der Waals surface area contributed by atoms with E-state index in [-0.39, 0.29) is 39.6 Å². The van der Waals surface area contributed by atoms with Crippen LogP contribution in [0.5, 0.6) is 5.75 Å². The molecule has 0 unspecified atom stereocenters. The van der Waals surface area contributed by atoms with Crippen molar-refractivity contribution in [2.75, 3.05) is 11.2 Å². The van der Waals surface area contributed by atoms with Gasteiger partial charge in [-0.2, -0.15) is 0 Å². The highest BCUT2D eigenvalue weighted by Gasteiger charge is 2.34. The largest absolute Gasteiger partial charge is 0.507 e. The maximum atomic E-state index is 12.6. The van der Waals surface area contributed by atoms with Crippen molar-refractivity contribution in [1.29, 1.82) is 0 Å². The van der Waals surface area contributed by atoms with Crippen LogP contribution in [0.25, 0.3) is 0 Å². The van der Waals surface area contributed by atoms with Gasteiger partial charge in [-0.15, -0.1) is 11.6 Å². The number of carbonyl (C=O) groups excluding carboxylic acids is 3. The lowest BCUT2D eigenvalue weighted by Gasteiger charge is -2.21. The van der Waals surface area contributed by atoms with E-state index in [2.05, 4.69) is 5.32 Å². The number of halogens is 1. The minimum Gasteiger partial charge on any atom is -0.507 e. The van der Waals surface area contributed by atoms with E-state index in [1.165, 1.54) is 24.3 Å². The molecule has 0 saturated heterocycles. The number of alkyl halides is 1. The van der Waals surface area contributed by atoms with Gasteiger partial charge in [-0.05, 0) is 12.1 Å². The number of phenols is 1. The fourth-order valence-corrected chi connectivity index (χ4v) is 2.56. The molecular weight excluding hydrogens is 306 g/mol. The molecule has 1 aliphatic carbocycles. The van der Waals surface area contributed by atoms with Crippen molar-refractivity contribution in [1.82, 2.24) is 0 Å². The molecule has 110 valence electrons. The lowest BCUT2D eigenvalue weighted by atomic mass is 9.82. The summed E-state index contributed by atoms with van der Waals surface area (Å²) in [7, 11) is 0. The number of ketones is 2. The van der Waals surface area contributed by atoms with Crippen LogP contribution >= 0.6 is 11.6 Å². The number of carbonyl (C=O) groups is 3. The van der Waals surface area contributed by atoms with E-state index in [9.17, 15) is 19.5 Å². The lowest BCUT2D eigenvalue weighted by molar-refractivity contribution is -0.113. The van der Waals surface area contributed by atoms with Crippen molar-refractivity contribution >= 4 is 34.8 Å². The molecule has 0 bridgehead atoms. The number of benzene rings is 2. The van der Waals surface area contributed by atoms with E-state index in [1.807, 2.05) is 0 Å². The third-order valence-corrected chi connectivity index (χ3v) is 3.69. The Labute approximate surface area is 130 Å². The highest BCUT2D eigenvalue weighted by molar-refractivity contribution is 6.32. The fourth-order valence-electron chi connectivity index (χ4n) is 2.49. The summed E-state index contributed by atoms with van der Waals surface area (Å²) in [6.07, 6.45) is 0. The Morgan fingerprint density at radius 3 is 2.18 bits per heavy atom. The number of aromatic hydroxyl groups is 1. The molecule has 22 heavy (non-hydrogen) atoms. The number of fused-ring (bicyclic) bond motifs is 2. The monoisotopic (exact) mass is 315 g/mol. The molecular formula is C16H10ClNO4. The number of amides is 1. The van der Waals surface area contributed by atoms with Crippen LogP contribution in [0, 0.1) is 0 Å². The van der Waals surface area contributed by atoms with Crippen LogP contribution in [-0.2, 0) is 4.79 Å². The van der Waals surface area contributed by atoms with Crippen LogP contribution in [0.15, 0.2) is 36.4 Å². The summed E-state index contributed by atoms with van der Waals surface area (Å²) in [5.41, 5.74) is 0.521. The summed E-state index contributed by atoms with van der Waals surface area (Å²) in [6, 6.07) is 9.00. The van der Waals surface area contributed by atoms with Gasteiger partial charge in [0.1, 0.15) is 11.6 Å². The molecule has 0 fully saturated rings. The number of hydrogen-bond acceptors (Lipinski definition) is 4. The summed E-state index contributed by atoms with van der Waals surface area (Å²) in [6.45, 7) is 0. The van der Waals surface area contributed by atoms with Crippen molar-refractivity contribution < 1.29 is 19.5 Å². The first-order chi connectivity index (χ1) is 10.5. The Morgan fingerprint density at radius 2 is 1.59 bits per heavy atom. The fraction of sp³-hybridized carbons (Fsp3) is 0.0625. The topological polar surface area (TPSA) is 83.5 Å². The molecule has 0 heterocycles. The number of phenolic OH excluding ortho intramolecular Hbond substituents is 1. The van der Waals surface area contributed by atoms with Crippen molar-refractivity contribution in [3.05, 3.63) is 58.7 Å². The number of nitrogens with one attached hydrogen (secondary N) is 1. The third-order valence-electron chi connectivity index (χ3n) is 3.45. The minimum atomic E-state index is -0.506. The van der Waals surface area contributed by atoms with Gasteiger partial charge in [-0.3, -0.25) is 14.4 Å². The molecule has 2 aromatic rings. The Morgan fingerprint density at radius 1 is 1.00 bits per heavy atom. The maximum Gasteiger partial charge on any atom is 0.239 e. The molecule has 6 heteroatoms. The zero-order valence-corrected chi connectivity index (χ0v) is 12.0. The van der Waals surface area contributed by atoms with E-state index in [0.29, 0.717) is 0 Å². The second-order valence-electron chi connectivity index (χ2n) is 4.77. The molecule has 0 aliphatic heterocycles. The summed E-state index contributed by atoms with van der Waals surface area (Å²) in [5, 5.41) is 12.4. The lowest BCUT2D eigenvalue weighted by Crippen LogP contribution is -2.24. The molecule has 0 spiro atoms. The van der Waals surface area contributed by atoms with Gasteiger partial charge in [0.15, 0.2) is 11.6 Å². The average molecular weight is 316 g/mol. The zero-order valence-electron chi connectivity index (χ0n) is 11.2. The van der Waals surface area contributed by atoms with E-state index in [4.69, 9.17) is 11.6 Å². The molecule has 0 aromatic heterocycles. The van der Waals surface area contributed by atoms with Gasteiger partial charge in [-0.25, -0.2) is 0 Å². The van der Waals surface area contributed by atoms with E-state index in [1.54, 1.807) is 12.1 Å². The Bertz CT molecular complexity index is 829.